The van der Waals surface area contributed by atoms with Crippen molar-refractivity contribution in [3.63, 3.8) is 0 Å². The first kappa shape index (κ1) is 34.5. The summed E-state index contributed by atoms with van der Waals surface area (Å²) in [5, 5.41) is 11.6. The molecule has 0 fully saturated rings. The van der Waals surface area contributed by atoms with Gasteiger partial charge in [-0.25, -0.2) is 4.98 Å². The first-order chi connectivity index (χ1) is 30.7. The van der Waals surface area contributed by atoms with Gasteiger partial charge < -0.3 is 4.42 Å². The Hall–Kier alpha value is -8.34. The molecule has 0 atom stereocenters. The maximum absolute atomic E-state index is 6.60. The number of hydrogen-bond donors (Lipinski definition) is 0. The summed E-state index contributed by atoms with van der Waals surface area (Å²) in [4.78, 5) is 10.8. The summed E-state index contributed by atoms with van der Waals surface area (Å²) in [7, 11) is 0. The van der Waals surface area contributed by atoms with E-state index in [9.17, 15) is 0 Å². The number of benzene rings is 10. The van der Waals surface area contributed by atoms with Crippen LogP contribution in [0.5, 0.6) is 0 Å². The Bertz CT molecular complexity index is 3930. The molecule has 0 aliphatic carbocycles. The van der Waals surface area contributed by atoms with Gasteiger partial charge in [-0.3, -0.25) is 4.57 Å². The van der Waals surface area contributed by atoms with E-state index in [0.29, 0.717) is 11.7 Å². The predicted octanol–water partition coefficient (Wildman–Crippen LogP) is 15.6. The molecule has 0 radical (unpaired) electrons. The van der Waals surface area contributed by atoms with Crippen molar-refractivity contribution in [1.29, 1.82) is 0 Å². The molecule has 0 saturated carbocycles. The van der Waals surface area contributed by atoms with Crippen LogP contribution in [0, 0.1) is 0 Å². The third kappa shape index (κ3) is 5.27. The highest BCUT2D eigenvalue weighted by Gasteiger charge is 2.22. The van der Waals surface area contributed by atoms with Gasteiger partial charge in [-0.15, -0.1) is 0 Å². The number of nitrogens with zero attached hydrogens (tertiary/aromatic N) is 3. The minimum atomic E-state index is 0.554. The van der Waals surface area contributed by atoms with E-state index in [1.54, 1.807) is 0 Å². The van der Waals surface area contributed by atoms with Gasteiger partial charge in [-0.2, -0.15) is 4.98 Å². The van der Waals surface area contributed by atoms with E-state index < -0.39 is 0 Å². The van der Waals surface area contributed by atoms with Crippen molar-refractivity contribution in [2.75, 3.05) is 0 Å². The molecule has 0 aliphatic rings. The molecule has 0 amide bonds. The Morgan fingerprint density at radius 2 is 0.952 bits per heavy atom. The molecule has 0 N–H and O–H groups in total. The normalized spacial score (nSPS) is 11.9. The quantitative estimate of drug-likeness (QED) is 0.163. The lowest BCUT2D eigenvalue weighted by atomic mass is 9.90. The zero-order valence-corrected chi connectivity index (χ0v) is 33.5. The molecule has 10 aromatic carbocycles. The van der Waals surface area contributed by atoms with Crippen molar-refractivity contribution in [2.24, 2.45) is 0 Å². The third-order valence-corrected chi connectivity index (χ3v) is 12.6. The van der Waals surface area contributed by atoms with Crippen LogP contribution >= 0.6 is 0 Å². The van der Waals surface area contributed by atoms with Crippen LogP contribution in [0.15, 0.2) is 217 Å². The minimum Gasteiger partial charge on any atom is -0.437 e. The molecule has 4 nitrogen and oxygen atoms in total. The Kier molecular flexibility index (Phi) is 7.57. The summed E-state index contributed by atoms with van der Waals surface area (Å²) in [6, 6.07) is 75.9. The Balaban J connectivity index is 1.04. The highest BCUT2D eigenvalue weighted by atomic mass is 16.3. The fourth-order valence-corrected chi connectivity index (χ4v) is 9.84. The molecule has 4 heteroatoms. The molecular weight excluding hydrogens is 755 g/mol. The van der Waals surface area contributed by atoms with Gasteiger partial charge in [0.1, 0.15) is 5.58 Å². The van der Waals surface area contributed by atoms with Crippen molar-refractivity contribution in [2.45, 2.75) is 0 Å². The van der Waals surface area contributed by atoms with E-state index in [1.165, 1.54) is 54.6 Å². The molecule has 0 aliphatic heterocycles. The van der Waals surface area contributed by atoms with Crippen LogP contribution in [-0.4, -0.2) is 14.5 Å². The smallest absolute Gasteiger partial charge is 0.238 e. The van der Waals surface area contributed by atoms with Crippen molar-refractivity contribution < 1.29 is 4.42 Å². The van der Waals surface area contributed by atoms with E-state index >= 15 is 0 Å². The Morgan fingerprint density at radius 1 is 0.339 bits per heavy atom. The van der Waals surface area contributed by atoms with Crippen LogP contribution < -0.4 is 0 Å². The lowest BCUT2D eigenvalue weighted by Crippen LogP contribution is -2.03. The van der Waals surface area contributed by atoms with E-state index in [0.717, 1.165) is 60.5 Å². The summed E-state index contributed by atoms with van der Waals surface area (Å²) in [5.74, 6) is 0.559. The molecule has 62 heavy (non-hydrogen) atoms. The van der Waals surface area contributed by atoms with E-state index in [2.05, 4.69) is 205 Å². The molecule has 0 unspecified atom stereocenters. The molecule has 288 valence electrons. The van der Waals surface area contributed by atoms with Gasteiger partial charge in [0.05, 0.1) is 22.1 Å². The maximum Gasteiger partial charge on any atom is 0.238 e. The van der Waals surface area contributed by atoms with E-state index in [1.807, 2.05) is 12.1 Å². The Morgan fingerprint density at radius 3 is 1.81 bits per heavy atom. The average Bonchev–Trinajstić information content (AvgIpc) is 3.89. The van der Waals surface area contributed by atoms with Gasteiger partial charge in [0.2, 0.25) is 11.7 Å². The van der Waals surface area contributed by atoms with Crippen LogP contribution in [0.3, 0.4) is 0 Å². The van der Waals surface area contributed by atoms with Gasteiger partial charge in [0.15, 0.2) is 0 Å². The molecule has 0 spiro atoms. The summed E-state index contributed by atoms with van der Waals surface area (Å²) in [6.07, 6.45) is 0. The molecular formula is C58H35N3O. The number of fused-ring (bicyclic) bond motifs is 10. The van der Waals surface area contributed by atoms with Gasteiger partial charge in [-0.1, -0.05) is 176 Å². The number of furan rings is 1. The number of rotatable bonds is 5. The van der Waals surface area contributed by atoms with Gasteiger partial charge in [0.25, 0.3) is 0 Å². The molecule has 0 saturated heterocycles. The standard InChI is InChI=1S/C58H35N3O/c1-2-15-36(16-3-1)43-27-13-18-37-19-14-28-44(54(37)43)38-20-12-21-41(33-38)56-55-48-26-9-11-30-53(48)62-57(55)60-58(59-56)61-51-29-10-8-25-47(51)50-35-40(31-32-52(50)61)49-34-39-17-4-5-22-42(39)45-23-6-7-24-46(45)49/h1-35H. The summed E-state index contributed by atoms with van der Waals surface area (Å²) < 4.78 is 8.80. The Labute approximate surface area is 356 Å². The van der Waals surface area contributed by atoms with Crippen molar-refractivity contribution >= 4 is 76.2 Å². The fraction of sp³-hybridized carbons (Fsp3) is 0. The van der Waals surface area contributed by atoms with Gasteiger partial charge in [0, 0.05) is 21.7 Å². The monoisotopic (exact) mass is 789 g/mol. The highest BCUT2D eigenvalue weighted by Crippen LogP contribution is 2.42. The third-order valence-electron chi connectivity index (χ3n) is 12.6. The van der Waals surface area contributed by atoms with E-state index in [-0.39, 0.29) is 0 Å². The van der Waals surface area contributed by atoms with Crippen molar-refractivity contribution in [3.05, 3.63) is 212 Å². The van der Waals surface area contributed by atoms with Crippen LogP contribution in [0.25, 0.3) is 127 Å². The van der Waals surface area contributed by atoms with Crippen LogP contribution in [0.2, 0.25) is 0 Å². The molecule has 0 bridgehead atoms. The number of aromatic nitrogens is 3. The molecule has 13 aromatic rings. The second-order valence-electron chi connectivity index (χ2n) is 16.1. The molecule has 3 heterocycles. The molecule has 3 aromatic heterocycles. The van der Waals surface area contributed by atoms with Crippen molar-refractivity contribution in [3.8, 4) is 50.6 Å². The van der Waals surface area contributed by atoms with E-state index in [4.69, 9.17) is 14.4 Å². The SMILES string of the molecule is c1ccc(-c2cccc3cccc(-c4cccc(-c5nc(-n6c7ccccc7c7cc(-c8cc9ccccc9c9ccccc89)ccc76)nc6oc7ccccc7c56)c4)c23)cc1. The number of para-hydroxylation sites is 2. The average molecular weight is 790 g/mol. The first-order valence-corrected chi connectivity index (χ1v) is 21.1. The van der Waals surface area contributed by atoms with Gasteiger partial charge in [-0.05, 0) is 102 Å². The lowest BCUT2D eigenvalue weighted by molar-refractivity contribution is 0.651. The second kappa shape index (κ2) is 13.6. The number of hydrogen-bond acceptors (Lipinski definition) is 3. The van der Waals surface area contributed by atoms with Gasteiger partial charge >= 0.3 is 0 Å². The summed E-state index contributed by atoms with van der Waals surface area (Å²) >= 11 is 0. The minimum absolute atomic E-state index is 0.554. The lowest BCUT2D eigenvalue weighted by Gasteiger charge is -2.14. The highest BCUT2D eigenvalue weighted by molar-refractivity contribution is 6.16. The first-order valence-electron chi connectivity index (χ1n) is 21.1. The van der Waals surface area contributed by atoms with Crippen LogP contribution in [0.1, 0.15) is 0 Å². The zero-order valence-electron chi connectivity index (χ0n) is 33.5. The largest absolute Gasteiger partial charge is 0.437 e. The topological polar surface area (TPSA) is 43.9 Å². The summed E-state index contributed by atoms with van der Waals surface area (Å²) in [6.45, 7) is 0. The molecule has 13 rings (SSSR count). The second-order valence-corrected chi connectivity index (χ2v) is 16.1. The van der Waals surface area contributed by atoms with Crippen molar-refractivity contribution in [1.82, 2.24) is 14.5 Å². The zero-order chi connectivity index (χ0) is 40.7. The predicted molar refractivity (Wildman–Crippen MR) is 258 cm³/mol. The van der Waals surface area contributed by atoms with Crippen LogP contribution in [-0.2, 0) is 0 Å². The summed E-state index contributed by atoms with van der Waals surface area (Å²) in [5.41, 5.74) is 12.3. The van der Waals surface area contributed by atoms with Crippen LogP contribution in [0.4, 0.5) is 0 Å². The fourth-order valence-electron chi connectivity index (χ4n) is 9.84. The maximum atomic E-state index is 6.60.